The molecule has 0 unspecified atom stereocenters. The van der Waals surface area contributed by atoms with Gasteiger partial charge in [-0.25, -0.2) is 13.4 Å². The smallest absolute Gasteiger partial charge is 0.265 e. The summed E-state index contributed by atoms with van der Waals surface area (Å²) in [6.07, 6.45) is 0. The number of carbonyl (C=O) groups is 1. The fourth-order valence-electron chi connectivity index (χ4n) is 4.36. The number of amides is 1. The van der Waals surface area contributed by atoms with E-state index in [0.717, 1.165) is 0 Å². The van der Waals surface area contributed by atoms with Crippen molar-refractivity contribution in [3.8, 4) is 5.69 Å². The molecule has 0 bridgehead atoms. The van der Waals surface area contributed by atoms with Gasteiger partial charge in [0.15, 0.2) is 0 Å². The van der Waals surface area contributed by atoms with Crippen LogP contribution < -0.4 is 5.56 Å². The maximum Gasteiger partial charge on any atom is 0.265 e. The highest BCUT2D eigenvalue weighted by atomic mass is 32.2. The quantitative estimate of drug-likeness (QED) is 0.441. The van der Waals surface area contributed by atoms with E-state index in [1.807, 2.05) is 6.07 Å². The van der Waals surface area contributed by atoms with E-state index in [2.05, 4.69) is 4.98 Å². The second kappa shape index (κ2) is 9.09. The number of aryl methyl sites for hydroxylation is 1. The number of hydrogen-bond donors (Lipinski definition) is 0. The Morgan fingerprint density at radius 1 is 0.829 bits per heavy atom. The van der Waals surface area contributed by atoms with Gasteiger partial charge in [-0.15, -0.1) is 0 Å². The minimum Gasteiger partial charge on any atom is -0.336 e. The van der Waals surface area contributed by atoms with Gasteiger partial charge in [0.2, 0.25) is 10.0 Å². The molecule has 0 aliphatic carbocycles. The summed E-state index contributed by atoms with van der Waals surface area (Å²) >= 11 is 0. The van der Waals surface area contributed by atoms with Crippen molar-refractivity contribution in [1.29, 1.82) is 0 Å². The lowest BCUT2D eigenvalue weighted by Crippen LogP contribution is -2.50. The third kappa shape index (κ3) is 4.24. The largest absolute Gasteiger partial charge is 0.336 e. The minimum atomic E-state index is -3.58. The lowest BCUT2D eigenvalue weighted by atomic mass is 10.1. The highest BCUT2D eigenvalue weighted by Crippen LogP contribution is 2.19. The molecular formula is C26H24N4O4S. The average molecular weight is 489 g/mol. The van der Waals surface area contributed by atoms with Crippen LogP contribution in [-0.4, -0.2) is 59.3 Å². The maximum absolute atomic E-state index is 13.1. The maximum atomic E-state index is 13.1. The molecule has 35 heavy (non-hydrogen) atoms. The Bertz CT molecular complexity index is 1560. The number of sulfonamides is 1. The molecule has 1 amide bonds. The monoisotopic (exact) mass is 488 g/mol. The second-order valence-electron chi connectivity index (χ2n) is 8.37. The number of para-hydroxylation sites is 1. The Balaban J connectivity index is 1.32. The molecule has 5 rings (SSSR count). The number of fused-ring (bicyclic) bond motifs is 1. The summed E-state index contributed by atoms with van der Waals surface area (Å²) in [6.45, 7) is 2.85. The Kier molecular flexibility index (Phi) is 5.96. The predicted octanol–water partition coefficient (Wildman–Crippen LogP) is 2.84. The van der Waals surface area contributed by atoms with Crippen molar-refractivity contribution < 1.29 is 13.2 Å². The van der Waals surface area contributed by atoms with E-state index in [9.17, 15) is 18.0 Å². The molecule has 0 saturated carbocycles. The zero-order valence-corrected chi connectivity index (χ0v) is 20.0. The van der Waals surface area contributed by atoms with Crippen molar-refractivity contribution in [2.75, 3.05) is 26.2 Å². The third-order valence-electron chi connectivity index (χ3n) is 6.22. The van der Waals surface area contributed by atoms with Gasteiger partial charge in [0.25, 0.3) is 11.5 Å². The molecule has 0 spiro atoms. The van der Waals surface area contributed by atoms with Crippen LogP contribution >= 0.6 is 0 Å². The van der Waals surface area contributed by atoms with E-state index in [0.29, 0.717) is 41.1 Å². The third-order valence-corrected chi connectivity index (χ3v) is 8.14. The molecule has 1 aliphatic heterocycles. The number of nitrogens with zero attached hydrogens (tertiary/aromatic N) is 4. The summed E-state index contributed by atoms with van der Waals surface area (Å²) in [5, 5.41) is 0.529. The molecule has 0 N–H and O–H groups in total. The lowest BCUT2D eigenvalue weighted by molar-refractivity contribution is 0.0698. The van der Waals surface area contributed by atoms with Crippen LogP contribution in [0.5, 0.6) is 0 Å². The first-order valence-electron chi connectivity index (χ1n) is 11.3. The lowest BCUT2D eigenvalue weighted by Gasteiger charge is -2.34. The van der Waals surface area contributed by atoms with Crippen LogP contribution in [0.2, 0.25) is 0 Å². The predicted molar refractivity (Wildman–Crippen MR) is 133 cm³/mol. The van der Waals surface area contributed by atoms with Gasteiger partial charge in [-0.3, -0.25) is 14.2 Å². The van der Waals surface area contributed by atoms with Gasteiger partial charge in [0, 0.05) is 31.7 Å². The molecule has 3 aromatic carbocycles. The number of piperazine rings is 1. The van der Waals surface area contributed by atoms with E-state index >= 15 is 0 Å². The van der Waals surface area contributed by atoms with Crippen LogP contribution in [0, 0.1) is 6.92 Å². The molecular weight excluding hydrogens is 464 g/mol. The number of rotatable bonds is 4. The van der Waals surface area contributed by atoms with Crippen LogP contribution in [-0.2, 0) is 10.0 Å². The second-order valence-corrected chi connectivity index (χ2v) is 10.3. The molecule has 178 valence electrons. The zero-order valence-electron chi connectivity index (χ0n) is 19.2. The van der Waals surface area contributed by atoms with Gasteiger partial charge in [0.1, 0.15) is 5.82 Å². The summed E-state index contributed by atoms with van der Waals surface area (Å²) in [5.74, 6) is 0.387. The number of carbonyl (C=O) groups excluding carboxylic acids is 1. The number of aromatic nitrogens is 2. The topological polar surface area (TPSA) is 92.6 Å². The van der Waals surface area contributed by atoms with Crippen molar-refractivity contribution in [2.45, 2.75) is 11.8 Å². The molecule has 1 aliphatic rings. The fraction of sp³-hybridized carbons (Fsp3) is 0.192. The van der Waals surface area contributed by atoms with Gasteiger partial charge in [-0.2, -0.15) is 4.31 Å². The molecule has 1 fully saturated rings. The van der Waals surface area contributed by atoms with Crippen LogP contribution in [0.25, 0.3) is 16.6 Å². The standard InChI is InChI=1S/C26H24N4O4S/c1-19-27-24-10-6-5-9-23(24)26(32)30(19)21-13-11-20(12-14-21)25(31)28-15-17-29(18-16-28)35(33,34)22-7-3-2-4-8-22/h2-14H,15-18H2,1H3. The van der Waals surface area contributed by atoms with E-state index < -0.39 is 10.0 Å². The van der Waals surface area contributed by atoms with Crippen LogP contribution in [0.1, 0.15) is 16.2 Å². The van der Waals surface area contributed by atoms with E-state index in [1.54, 1.807) is 84.6 Å². The molecule has 1 saturated heterocycles. The van der Waals surface area contributed by atoms with E-state index in [4.69, 9.17) is 0 Å². The van der Waals surface area contributed by atoms with Crippen molar-refractivity contribution in [3.05, 3.63) is 101 Å². The highest BCUT2D eigenvalue weighted by molar-refractivity contribution is 7.89. The molecule has 4 aromatic rings. The van der Waals surface area contributed by atoms with Crippen molar-refractivity contribution in [1.82, 2.24) is 18.8 Å². The van der Waals surface area contributed by atoms with Crippen molar-refractivity contribution in [3.63, 3.8) is 0 Å². The van der Waals surface area contributed by atoms with Gasteiger partial charge < -0.3 is 4.90 Å². The Hall–Kier alpha value is -3.82. The Morgan fingerprint density at radius 2 is 1.46 bits per heavy atom. The first-order valence-corrected chi connectivity index (χ1v) is 12.7. The summed E-state index contributed by atoms with van der Waals surface area (Å²) < 4.78 is 28.6. The summed E-state index contributed by atoms with van der Waals surface area (Å²) in [7, 11) is -3.58. The molecule has 9 heteroatoms. The zero-order chi connectivity index (χ0) is 24.6. The van der Waals surface area contributed by atoms with Crippen molar-refractivity contribution in [2.24, 2.45) is 0 Å². The highest BCUT2D eigenvalue weighted by Gasteiger charge is 2.30. The molecule has 0 radical (unpaired) electrons. The minimum absolute atomic E-state index is 0.164. The molecule has 0 atom stereocenters. The Morgan fingerprint density at radius 3 is 2.14 bits per heavy atom. The van der Waals surface area contributed by atoms with Gasteiger partial charge in [-0.1, -0.05) is 30.3 Å². The normalized spacial score (nSPS) is 14.8. The summed E-state index contributed by atoms with van der Waals surface area (Å²) in [5.41, 5.74) is 1.59. The number of benzene rings is 3. The summed E-state index contributed by atoms with van der Waals surface area (Å²) in [6, 6.07) is 22.3. The fourth-order valence-corrected chi connectivity index (χ4v) is 5.80. The first kappa shape index (κ1) is 22.9. The van der Waals surface area contributed by atoms with Crippen LogP contribution in [0.3, 0.4) is 0 Å². The van der Waals surface area contributed by atoms with Crippen LogP contribution in [0.4, 0.5) is 0 Å². The number of hydrogen-bond acceptors (Lipinski definition) is 5. The van der Waals surface area contributed by atoms with Gasteiger partial charge in [0.05, 0.1) is 21.5 Å². The SMILES string of the molecule is Cc1nc2ccccc2c(=O)n1-c1ccc(C(=O)N2CCN(S(=O)(=O)c3ccccc3)CC2)cc1. The van der Waals surface area contributed by atoms with Crippen molar-refractivity contribution >= 4 is 26.8 Å². The van der Waals surface area contributed by atoms with E-state index in [1.165, 1.54) is 8.87 Å². The van der Waals surface area contributed by atoms with Gasteiger partial charge in [-0.05, 0) is 55.5 Å². The van der Waals surface area contributed by atoms with Crippen LogP contribution in [0.15, 0.2) is 88.6 Å². The van der Waals surface area contributed by atoms with E-state index in [-0.39, 0.29) is 29.5 Å². The summed E-state index contributed by atoms with van der Waals surface area (Å²) in [4.78, 5) is 32.5. The van der Waals surface area contributed by atoms with Gasteiger partial charge >= 0.3 is 0 Å². The molecule has 2 heterocycles. The molecule has 1 aromatic heterocycles. The molecule has 8 nitrogen and oxygen atoms in total. The average Bonchev–Trinajstić information content (AvgIpc) is 2.89. The first-order chi connectivity index (χ1) is 16.9. The Labute approximate surface area is 203 Å².